The molecule has 16 heavy (non-hydrogen) atoms. The van der Waals surface area contributed by atoms with E-state index in [9.17, 15) is 0 Å². The Balaban J connectivity index is 1.75. The molecular formula is C14H28N2. The van der Waals surface area contributed by atoms with E-state index < -0.39 is 0 Å². The van der Waals surface area contributed by atoms with Crippen LogP contribution in [0.2, 0.25) is 0 Å². The Morgan fingerprint density at radius 2 is 1.94 bits per heavy atom. The maximum Gasteiger partial charge on any atom is 0.0198 e. The molecule has 1 heterocycles. The summed E-state index contributed by atoms with van der Waals surface area (Å²) in [5, 5.41) is 3.66. The molecule has 0 radical (unpaired) electrons. The largest absolute Gasteiger partial charge is 0.311 e. The van der Waals surface area contributed by atoms with Crippen LogP contribution in [0.15, 0.2) is 0 Å². The van der Waals surface area contributed by atoms with E-state index in [0.29, 0.717) is 0 Å². The SMILES string of the molecule is CC(C)CC1CN(C(C)CC2CC2)CCN1. The number of nitrogens with zero attached hydrogens (tertiary/aromatic N) is 1. The molecule has 0 spiro atoms. The molecule has 94 valence electrons. The first-order valence-corrected chi connectivity index (χ1v) is 7.12. The minimum atomic E-state index is 0.732. The number of hydrogen-bond donors (Lipinski definition) is 1. The van der Waals surface area contributed by atoms with Crippen LogP contribution in [0.25, 0.3) is 0 Å². The van der Waals surface area contributed by atoms with Crippen LogP contribution in [0.4, 0.5) is 0 Å². The van der Waals surface area contributed by atoms with Gasteiger partial charge in [0.1, 0.15) is 0 Å². The lowest BCUT2D eigenvalue weighted by Crippen LogP contribution is -2.53. The van der Waals surface area contributed by atoms with Gasteiger partial charge in [0.25, 0.3) is 0 Å². The van der Waals surface area contributed by atoms with Crippen LogP contribution in [-0.2, 0) is 0 Å². The Morgan fingerprint density at radius 1 is 1.19 bits per heavy atom. The van der Waals surface area contributed by atoms with Crippen LogP contribution in [0.1, 0.15) is 46.5 Å². The van der Waals surface area contributed by atoms with Crippen molar-refractivity contribution in [3.8, 4) is 0 Å². The maximum atomic E-state index is 3.66. The van der Waals surface area contributed by atoms with Gasteiger partial charge in [0, 0.05) is 31.7 Å². The fraction of sp³-hybridized carbons (Fsp3) is 1.00. The van der Waals surface area contributed by atoms with E-state index in [1.54, 1.807) is 0 Å². The van der Waals surface area contributed by atoms with Crippen LogP contribution in [0.5, 0.6) is 0 Å². The highest BCUT2D eigenvalue weighted by atomic mass is 15.2. The van der Waals surface area contributed by atoms with E-state index in [0.717, 1.165) is 23.9 Å². The minimum absolute atomic E-state index is 0.732. The molecule has 1 N–H and O–H groups in total. The molecule has 1 saturated heterocycles. The summed E-state index contributed by atoms with van der Waals surface area (Å²) in [7, 11) is 0. The zero-order valence-corrected chi connectivity index (χ0v) is 11.2. The number of nitrogens with one attached hydrogen (secondary N) is 1. The summed E-state index contributed by atoms with van der Waals surface area (Å²) in [6.07, 6.45) is 5.75. The minimum Gasteiger partial charge on any atom is -0.311 e. The van der Waals surface area contributed by atoms with Crippen LogP contribution in [0.3, 0.4) is 0 Å². The lowest BCUT2D eigenvalue weighted by molar-refractivity contribution is 0.134. The molecule has 0 bridgehead atoms. The molecule has 2 rings (SSSR count). The molecule has 2 aliphatic rings. The molecule has 0 aromatic heterocycles. The summed E-state index contributed by atoms with van der Waals surface area (Å²) in [4.78, 5) is 2.71. The standard InChI is InChI=1S/C14H28N2/c1-11(2)8-14-10-16(7-6-15-14)12(3)9-13-4-5-13/h11-15H,4-10H2,1-3H3. The van der Waals surface area contributed by atoms with E-state index in [2.05, 4.69) is 31.0 Å². The summed E-state index contributed by atoms with van der Waals surface area (Å²) in [6, 6.07) is 1.54. The second kappa shape index (κ2) is 5.50. The Morgan fingerprint density at radius 3 is 2.56 bits per heavy atom. The van der Waals surface area contributed by atoms with Gasteiger partial charge in [-0.3, -0.25) is 4.90 Å². The molecule has 1 aliphatic heterocycles. The van der Waals surface area contributed by atoms with Gasteiger partial charge in [-0.1, -0.05) is 26.7 Å². The van der Waals surface area contributed by atoms with Crippen LogP contribution < -0.4 is 5.32 Å². The lowest BCUT2D eigenvalue weighted by atomic mass is 10.0. The first-order valence-electron chi connectivity index (χ1n) is 7.12. The van der Waals surface area contributed by atoms with Crippen molar-refractivity contribution in [1.82, 2.24) is 10.2 Å². The molecule has 0 aromatic rings. The Bertz CT molecular complexity index is 209. The average molecular weight is 224 g/mol. The third-order valence-corrected chi connectivity index (χ3v) is 4.04. The monoisotopic (exact) mass is 224 g/mol. The molecule has 0 aromatic carbocycles. The third kappa shape index (κ3) is 3.74. The molecule has 0 amide bonds. The third-order valence-electron chi connectivity index (χ3n) is 4.04. The van der Waals surface area contributed by atoms with Crippen molar-refractivity contribution in [2.75, 3.05) is 19.6 Å². The van der Waals surface area contributed by atoms with Crippen molar-refractivity contribution in [2.45, 2.75) is 58.5 Å². The van der Waals surface area contributed by atoms with E-state index in [4.69, 9.17) is 0 Å². The fourth-order valence-electron chi connectivity index (χ4n) is 2.96. The number of rotatable bonds is 5. The van der Waals surface area contributed by atoms with Crippen LogP contribution in [0, 0.1) is 11.8 Å². The highest BCUT2D eigenvalue weighted by Crippen LogP contribution is 2.34. The van der Waals surface area contributed by atoms with Gasteiger partial charge >= 0.3 is 0 Å². The van der Waals surface area contributed by atoms with Gasteiger partial charge in [-0.2, -0.15) is 0 Å². The zero-order valence-electron chi connectivity index (χ0n) is 11.2. The maximum absolute atomic E-state index is 3.66. The zero-order chi connectivity index (χ0) is 11.5. The van der Waals surface area contributed by atoms with Gasteiger partial charge in [0.2, 0.25) is 0 Å². The highest BCUT2D eigenvalue weighted by Gasteiger charge is 2.28. The van der Waals surface area contributed by atoms with E-state index in [-0.39, 0.29) is 0 Å². The first-order chi connectivity index (χ1) is 7.65. The van der Waals surface area contributed by atoms with Gasteiger partial charge in [0.15, 0.2) is 0 Å². The molecule has 1 aliphatic carbocycles. The van der Waals surface area contributed by atoms with Gasteiger partial charge in [0.05, 0.1) is 0 Å². The van der Waals surface area contributed by atoms with Crippen LogP contribution >= 0.6 is 0 Å². The quantitative estimate of drug-likeness (QED) is 0.772. The van der Waals surface area contributed by atoms with Crippen molar-refractivity contribution in [3.63, 3.8) is 0 Å². The van der Waals surface area contributed by atoms with Crippen molar-refractivity contribution in [3.05, 3.63) is 0 Å². The number of hydrogen-bond acceptors (Lipinski definition) is 2. The van der Waals surface area contributed by atoms with Crippen molar-refractivity contribution < 1.29 is 0 Å². The highest BCUT2D eigenvalue weighted by molar-refractivity contribution is 4.85. The van der Waals surface area contributed by atoms with Gasteiger partial charge in [-0.15, -0.1) is 0 Å². The average Bonchev–Trinajstić information content (AvgIpc) is 3.01. The first kappa shape index (κ1) is 12.4. The Labute approximate surface area is 101 Å². The van der Waals surface area contributed by atoms with E-state index >= 15 is 0 Å². The molecular weight excluding hydrogens is 196 g/mol. The second-order valence-corrected chi connectivity index (χ2v) is 6.30. The Hall–Kier alpha value is -0.0800. The summed E-state index contributed by atoms with van der Waals surface area (Å²) >= 11 is 0. The van der Waals surface area contributed by atoms with Gasteiger partial charge in [-0.05, 0) is 31.6 Å². The smallest absolute Gasteiger partial charge is 0.0198 e. The molecule has 1 saturated carbocycles. The summed E-state index contributed by atoms with van der Waals surface area (Å²) in [5.74, 6) is 1.88. The lowest BCUT2D eigenvalue weighted by Gasteiger charge is -2.38. The van der Waals surface area contributed by atoms with Crippen LogP contribution in [-0.4, -0.2) is 36.6 Å². The second-order valence-electron chi connectivity index (χ2n) is 6.30. The number of piperazine rings is 1. The van der Waals surface area contributed by atoms with E-state index in [1.807, 2.05) is 0 Å². The van der Waals surface area contributed by atoms with Crippen molar-refractivity contribution >= 4 is 0 Å². The van der Waals surface area contributed by atoms with Gasteiger partial charge in [-0.25, -0.2) is 0 Å². The topological polar surface area (TPSA) is 15.3 Å². The predicted molar refractivity (Wildman–Crippen MR) is 69.6 cm³/mol. The summed E-state index contributed by atoms with van der Waals surface area (Å²) < 4.78 is 0. The molecule has 2 nitrogen and oxygen atoms in total. The van der Waals surface area contributed by atoms with Crippen molar-refractivity contribution in [1.29, 1.82) is 0 Å². The fourth-order valence-corrected chi connectivity index (χ4v) is 2.96. The molecule has 2 fully saturated rings. The molecule has 2 atom stereocenters. The van der Waals surface area contributed by atoms with Gasteiger partial charge < -0.3 is 5.32 Å². The molecule has 2 unspecified atom stereocenters. The molecule has 2 heteroatoms. The summed E-state index contributed by atoms with van der Waals surface area (Å²) in [5.41, 5.74) is 0. The van der Waals surface area contributed by atoms with Crippen molar-refractivity contribution in [2.24, 2.45) is 11.8 Å². The van der Waals surface area contributed by atoms with E-state index in [1.165, 1.54) is 45.3 Å². The summed E-state index contributed by atoms with van der Waals surface area (Å²) in [6.45, 7) is 10.8. The Kier molecular flexibility index (Phi) is 4.26. The normalized spacial score (nSPS) is 29.6. The predicted octanol–water partition coefficient (Wildman–Crippen LogP) is 2.49.